The van der Waals surface area contributed by atoms with E-state index in [1.54, 1.807) is 0 Å². The van der Waals surface area contributed by atoms with Gasteiger partial charge in [-0.15, -0.1) is 76.5 Å². The van der Waals surface area contributed by atoms with Crippen molar-refractivity contribution in [1.82, 2.24) is 0 Å². The van der Waals surface area contributed by atoms with Crippen molar-refractivity contribution in [2.45, 2.75) is 0 Å². The first kappa shape index (κ1) is 11.6. The topological polar surface area (TPSA) is 0 Å². The molecule has 0 spiro atoms. The third-order valence-electron chi connectivity index (χ3n) is 1.52. The molecule has 0 aromatic heterocycles. The second-order valence-electron chi connectivity index (χ2n) is 2.22. The van der Waals surface area contributed by atoms with Gasteiger partial charge in [-0.3, -0.25) is 0 Å². The van der Waals surface area contributed by atoms with Gasteiger partial charge in [-0.2, -0.15) is 0 Å². The summed E-state index contributed by atoms with van der Waals surface area (Å²) in [7, 11) is 0. The second-order valence-corrected chi connectivity index (χ2v) is 84.9. The smallest absolute Gasteiger partial charge is 0.115 e. The molecule has 1 aliphatic rings. The third kappa shape index (κ3) is 2.29. The highest BCUT2D eigenvalue weighted by Gasteiger charge is 2.50. The van der Waals surface area contributed by atoms with E-state index in [-0.39, 0.29) is 0 Å². The number of hydrogen-bond donors (Lipinski definition) is 0. The zero-order valence-electron chi connectivity index (χ0n) is 4.78. The molecule has 10 heavy (non-hydrogen) atoms. The highest BCUT2D eigenvalue weighted by atomic mass is 79.9. The Bertz CT molecular complexity index is 82.4. The van der Waals surface area contributed by atoms with Crippen molar-refractivity contribution in [2.75, 3.05) is 0 Å². The molecule has 60 valence electrons. The molecular weight excluding hydrogens is 540 g/mol. The van der Waals surface area contributed by atoms with E-state index in [2.05, 4.69) is 76.5 Å². The lowest BCUT2D eigenvalue weighted by atomic mass is 26.4. The minimum Gasteiger partial charge on any atom is -0.137 e. The van der Waals surface area contributed by atoms with Crippen LogP contribution in [-0.2, 0) is 0 Å². The molecule has 0 saturated carbocycles. The molecule has 1 saturated heterocycles. The van der Waals surface area contributed by atoms with Gasteiger partial charge in [0.05, 0.1) is 0 Å². The first-order chi connectivity index (χ1) is 4.55. The van der Waals surface area contributed by atoms with Gasteiger partial charge < -0.3 is 0 Å². The van der Waals surface area contributed by atoms with E-state index in [4.69, 9.17) is 0 Å². The maximum absolute atomic E-state index is 3.93. The molecule has 1 rings (SSSR count). The second kappa shape index (κ2) is 4.82. The van der Waals surface area contributed by atoms with Gasteiger partial charge in [-0.25, -0.2) is 0 Å². The quantitative estimate of drug-likeness (QED) is 0.315. The van der Waals surface area contributed by atoms with Crippen LogP contribution >= 0.6 is 76.5 Å². The van der Waals surface area contributed by atoms with Gasteiger partial charge in [0, 0.05) is 0 Å². The van der Waals surface area contributed by atoms with Crippen LogP contribution in [0.3, 0.4) is 0 Å². The van der Waals surface area contributed by atoms with Crippen LogP contribution in [0.25, 0.3) is 0 Å². The molecule has 0 bridgehead atoms. The van der Waals surface area contributed by atoms with Gasteiger partial charge in [-0.05, 0) is 0 Å². The fraction of sp³-hybridized carbons (Fsp3) is 0. The largest absolute Gasteiger partial charge is 0.137 e. The lowest BCUT2D eigenvalue weighted by Gasteiger charge is -2.03. The van der Waals surface area contributed by atoms with Crippen molar-refractivity contribution in [3.8, 4) is 0 Å². The summed E-state index contributed by atoms with van der Waals surface area (Å²) in [5.41, 5.74) is 0. The molecule has 0 atom stereocenters. The first-order valence-corrected chi connectivity index (χ1v) is 32.0. The van der Waals surface area contributed by atoms with Crippen molar-refractivity contribution >= 4 is 109 Å². The van der Waals surface area contributed by atoms with E-state index in [1.807, 2.05) is 0 Å². The van der Waals surface area contributed by atoms with E-state index < -0.39 is 32.3 Å². The molecule has 0 unspecified atom stereocenters. The van der Waals surface area contributed by atoms with E-state index >= 15 is 0 Å². The molecule has 1 heterocycles. The lowest BCUT2D eigenvalue weighted by molar-refractivity contribution is 3.94. The molecule has 0 amide bonds. The molecule has 10 heteroatoms. The van der Waals surface area contributed by atoms with Crippen LogP contribution in [0.5, 0.6) is 0 Å². The summed E-state index contributed by atoms with van der Waals surface area (Å²) in [5, 5.41) is 0. The summed E-state index contributed by atoms with van der Waals surface area (Å²) in [6.45, 7) is -2.00. The molecule has 0 aromatic carbocycles. The van der Waals surface area contributed by atoms with E-state index in [0.29, 0.717) is 0 Å². The maximum Gasteiger partial charge on any atom is 0.115 e. The van der Waals surface area contributed by atoms with Crippen LogP contribution in [0.15, 0.2) is 0 Å². The van der Waals surface area contributed by atoms with Gasteiger partial charge in [0.25, 0.3) is 0 Å². The Morgan fingerprint density at radius 3 is 0.600 bits per heavy atom. The first-order valence-electron chi connectivity index (χ1n) is 2.76. The fourth-order valence-corrected chi connectivity index (χ4v) is 355. The van der Waals surface area contributed by atoms with E-state index in [0.717, 1.165) is 0 Å². The maximum atomic E-state index is 3.93. The summed E-state index contributed by atoms with van der Waals surface area (Å²) in [5.74, 6) is 0. The van der Waals surface area contributed by atoms with Gasteiger partial charge in [-0.1, -0.05) is 0 Å². The SMILES string of the molecule is Br[SiH]1[SiH](Br)[SiH](Br)[SiH](Br)[SiH]1Br. The van der Waals surface area contributed by atoms with Gasteiger partial charge >= 0.3 is 0 Å². The van der Waals surface area contributed by atoms with Gasteiger partial charge in [0.1, 0.15) is 32.3 Å². The predicted octanol–water partition coefficient (Wildman–Crippen LogP) is 0.985. The van der Waals surface area contributed by atoms with E-state index in [9.17, 15) is 0 Å². The Balaban J connectivity index is 2.68. The monoisotopic (exact) mass is 540 g/mol. The summed E-state index contributed by atoms with van der Waals surface area (Å²) in [6, 6.07) is 0. The van der Waals surface area contributed by atoms with Crippen molar-refractivity contribution in [1.29, 1.82) is 0 Å². The molecule has 0 N–H and O–H groups in total. The van der Waals surface area contributed by atoms with Crippen molar-refractivity contribution in [2.24, 2.45) is 0 Å². The summed E-state index contributed by atoms with van der Waals surface area (Å²) >= 11 is 19.6. The summed E-state index contributed by atoms with van der Waals surface area (Å²) in [6.07, 6.45) is 0. The van der Waals surface area contributed by atoms with Crippen LogP contribution in [0.1, 0.15) is 0 Å². The molecule has 1 fully saturated rings. The molecule has 0 aliphatic carbocycles. The molecule has 0 aromatic rings. The predicted molar refractivity (Wildman–Crippen MR) is 80.4 cm³/mol. The highest BCUT2D eigenvalue weighted by Crippen LogP contribution is 2.31. The van der Waals surface area contributed by atoms with Crippen LogP contribution in [0.2, 0.25) is 0 Å². The Hall–Kier alpha value is 3.48. The molecular formula is H5Br5Si5. The Morgan fingerprint density at radius 1 is 0.400 bits per heavy atom. The van der Waals surface area contributed by atoms with Crippen LogP contribution in [-0.4, -0.2) is 32.3 Å². The average Bonchev–Trinajstić information content (AvgIpc) is 2.07. The Morgan fingerprint density at radius 2 is 0.500 bits per heavy atom. The summed E-state index contributed by atoms with van der Waals surface area (Å²) < 4.78 is 0. The fourth-order valence-electron chi connectivity index (χ4n) is 0.878. The van der Waals surface area contributed by atoms with Gasteiger partial charge in [0.2, 0.25) is 0 Å². The molecule has 0 radical (unpaired) electrons. The van der Waals surface area contributed by atoms with Crippen LogP contribution in [0.4, 0.5) is 0 Å². The number of rotatable bonds is 0. The zero-order chi connectivity index (χ0) is 7.89. The Labute approximate surface area is 107 Å². The standard InChI is InChI=1S/Br5H5Si5/c1-6-7(2)9(4)10(5)8(6)3/h6-10H. The van der Waals surface area contributed by atoms with Crippen molar-refractivity contribution < 1.29 is 0 Å². The van der Waals surface area contributed by atoms with E-state index in [1.165, 1.54) is 0 Å². The lowest BCUT2D eigenvalue weighted by Crippen LogP contribution is -2.31. The van der Waals surface area contributed by atoms with Crippen LogP contribution in [0, 0.1) is 0 Å². The minimum atomic E-state index is -0.400. The number of hydrogen-bond acceptors (Lipinski definition) is 0. The van der Waals surface area contributed by atoms with Crippen LogP contribution < -0.4 is 0 Å². The average molecular weight is 545 g/mol. The minimum absolute atomic E-state index is 0.400. The molecule has 1 aliphatic heterocycles. The number of halogens is 5. The van der Waals surface area contributed by atoms with Crippen molar-refractivity contribution in [3.63, 3.8) is 0 Å². The summed E-state index contributed by atoms with van der Waals surface area (Å²) in [4.78, 5) is 0. The molecule has 0 nitrogen and oxygen atoms in total. The zero-order valence-corrected chi connectivity index (χ0v) is 18.5. The van der Waals surface area contributed by atoms with Gasteiger partial charge in [0.15, 0.2) is 0 Å². The Kier molecular flexibility index (Phi) is 5.57. The third-order valence-corrected chi connectivity index (χ3v) is 205. The van der Waals surface area contributed by atoms with Crippen molar-refractivity contribution in [3.05, 3.63) is 0 Å². The highest BCUT2D eigenvalue weighted by molar-refractivity contribution is 9.51. The normalized spacial score (nSPS) is 55.5.